The summed E-state index contributed by atoms with van der Waals surface area (Å²) in [6.45, 7) is 0.574. The average Bonchev–Trinajstić information content (AvgIpc) is 2.83. The maximum absolute atomic E-state index is 6.24. The van der Waals surface area contributed by atoms with Crippen LogP contribution in [0.5, 0.6) is 11.5 Å². The molecule has 3 heteroatoms. The molecule has 3 aromatic rings. The van der Waals surface area contributed by atoms with E-state index in [1.807, 2.05) is 54.6 Å². The van der Waals surface area contributed by atoms with E-state index in [-0.39, 0.29) is 12.2 Å². The minimum atomic E-state index is -0.0342. The first-order chi connectivity index (χ1) is 14.8. The quantitative estimate of drug-likeness (QED) is 0.433. The first-order valence-corrected chi connectivity index (χ1v) is 10.2. The van der Waals surface area contributed by atoms with Crippen molar-refractivity contribution >= 4 is 6.08 Å². The van der Waals surface area contributed by atoms with E-state index in [1.54, 1.807) is 7.11 Å². The highest BCUT2D eigenvalue weighted by molar-refractivity contribution is 5.51. The third kappa shape index (κ3) is 5.40. The summed E-state index contributed by atoms with van der Waals surface area (Å²) in [7, 11) is 1.68. The molecule has 0 bridgehead atoms. The van der Waals surface area contributed by atoms with Gasteiger partial charge in [0.05, 0.1) is 13.2 Å². The summed E-state index contributed by atoms with van der Waals surface area (Å²) in [6.07, 6.45) is 9.43. The molecule has 0 aliphatic carbocycles. The number of hydrogen-bond acceptors (Lipinski definition) is 3. The molecule has 0 spiro atoms. The van der Waals surface area contributed by atoms with Crippen LogP contribution in [-0.4, -0.2) is 13.2 Å². The first kappa shape index (κ1) is 20.0. The van der Waals surface area contributed by atoms with Crippen LogP contribution in [0, 0.1) is 0 Å². The largest absolute Gasteiger partial charge is 0.497 e. The number of methoxy groups -OCH3 is 1. The maximum Gasteiger partial charge on any atom is 0.119 e. The lowest BCUT2D eigenvalue weighted by molar-refractivity contribution is 0.0338. The fraction of sp³-hybridized carbons (Fsp3) is 0.185. The first-order valence-electron chi connectivity index (χ1n) is 10.2. The van der Waals surface area contributed by atoms with Gasteiger partial charge in [-0.2, -0.15) is 0 Å². The van der Waals surface area contributed by atoms with Crippen LogP contribution in [0.4, 0.5) is 0 Å². The van der Waals surface area contributed by atoms with E-state index in [9.17, 15) is 0 Å². The van der Waals surface area contributed by atoms with Gasteiger partial charge < -0.3 is 14.2 Å². The zero-order chi connectivity index (χ0) is 20.6. The van der Waals surface area contributed by atoms with E-state index in [1.165, 1.54) is 0 Å². The highest BCUT2D eigenvalue weighted by Gasteiger charge is 2.17. The molecule has 1 aliphatic heterocycles. The summed E-state index contributed by atoms with van der Waals surface area (Å²) in [5, 5.41) is 0. The van der Waals surface area contributed by atoms with Gasteiger partial charge in [-0.15, -0.1) is 0 Å². The SMILES string of the molecule is COc1ccc([C@@H]2C=CC[C@@H](C=Cc3ccc(OCc4ccccc4)cc3)O2)cc1. The van der Waals surface area contributed by atoms with Gasteiger partial charge in [-0.25, -0.2) is 0 Å². The summed E-state index contributed by atoms with van der Waals surface area (Å²) >= 11 is 0. The normalized spacial score (nSPS) is 18.4. The van der Waals surface area contributed by atoms with Crippen molar-refractivity contribution in [2.24, 2.45) is 0 Å². The van der Waals surface area contributed by atoms with E-state index in [0.29, 0.717) is 6.61 Å². The van der Waals surface area contributed by atoms with Crippen LogP contribution in [-0.2, 0) is 11.3 Å². The molecule has 0 amide bonds. The highest BCUT2D eigenvalue weighted by Crippen LogP contribution is 2.28. The van der Waals surface area contributed by atoms with Gasteiger partial charge in [0.25, 0.3) is 0 Å². The van der Waals surface area contributed by atoms with E-state index in [2.05, 4.69) is 48.6 Å². The third-order valence-corrected chi connectivity index (χ3v) is 5.08. The van der Waals surface area contributed by atoms with Gasteiger partial charge in [0.15, 0.2) is 0 Å². The Hall–Kier alpha value is -3.30. The molecule has 30 heavy (non-hydrogen) atoms. The Kier molecular flexibility index (Phi) is 6.63. The van der Waals surface area contributed by atoms with Crippen LogP contribution in [0.1, 0.15) is 29.2 Å². The Morgan fingerprint density at radius 1 is 0.900 bits per heavy atom. The molecular formula is C27H26O3. The Morgan fingerprint density at radius 2 is 1.63 bits per heavy atom. The second kappa shape index (κ2) is 9.95. The summed E-state index contributed by atoms with van der Waals surface area (Å²) in [5.41, 5.74) is 3.42. The minimum absolute atomic E-state index is 0.0342. The smallest absolute Gasteiger partial charge is 0.119 e. The van der Waals surface area contributed by atoms with Crippen LogP contribution in [0.25, 0.3) is 6.08 Å². The van der Waals surface area contributed by atoms with Crippen molar-refractivity contribution in [3.8, 4) is 11.5 Å². The van der Waals surface area contributed by atoms with Crippen molar-refractivity contribution in [1.82, 2.24) is 0 Å². The van der Waals surface area contributed by atoms with Crippen LogP contribution in [0.2, 0.25) is 0 Å². The van der Waals surface area contributed by atoms with Crippen molar-refractivity contribution in [2.45, 2.75) is 25.2 Å². The van der Waals surface area contributed by atoms with Crippen LogP contribution >= 0.6 is 0 Å². The van der Waals surface area contributed by atoms with Gasteiger partial charge in [0, 0.05) is 0 Å². The average molecular weight is 399 g/mol. The molecule has 0 saturated heterocycles. The molecule has 2 atom stereocenters. The molecule has 0 radical (unpaired) electrons. The molecule has 1 heterocycles. The standard InChI is InChI=1S/C27H26O3/c1-28-24-18-13-23(14-19-24)27-9-5-8-26(30-27)17-12-21-10-15-25(16-11-21)29-20-22-6-3-2-4-7-22/h2-7,9-19,26-27H,8,20H2,1H3/t26-,27-/m0/s1. The van der Waals surface area contributed by atoms with Crippen LogP contribution in [0.15, 0.2) is 97.1 Å². The number of ether oxygens (including phenoxy) is 3. The van der Waals surface area contributed by atoms with Gasteiger partial charge in [0.2, 0.25) is 0 Å². The predicted molar refractivity (Wildman–Crippen MR) is 121 cm³/mol. The molecule has 0 saturated carbocycles. The molecule has 0 N–H and O–H groups in total. The van der Waals surface area contributed by atoms with Gasteiger partial charge in [-0.3, -0.25) is 0 Å². The monoisotopic (exact) mass is 398 g/mol. The van der Waals surface area contributed by atoms with Gasteiger partial charge in [-0.1, -0.05) is 78.9 Å². The Morgan fingerprint density at radius 3 is 2.37 bits per heavy atom. The topological polar surface area (TPSA) is 27.7 Å². The lowest BCUT2D eigenvalue weighted by Gasteiger charge is -2.24. The molecule has 3 nitrogen and oxygen atoms in total. The Bertz CT molecular complexity index is 973. The summed E-state index contributed by atoms with van der Waals surface area (Å²) in [4.78, 5) is 0. The molecular weight excluding hydrogens is 372 g/mol. The van der Waals surface area contributed by atoms with Crippen molar-refractivity contribution < 1.29 is 14.2 Å². The summed E-state index contributed by atoms with van der Waals surface area (Å²) < 4.78 is 17.3. The van der Waals surface area contributed by atoms with Crippen molar-refractivity contribution in [1.29, 1.82) is 0 Å². The molecule has 152 valence electrons. The fourth-order valence-electron chi connectivity index (χ4n) is 3.37. The predicted octanol–water partition coefficient (Wildman–Crippen LogP) is 6.37. The maximum atomic E-state index is 6.24. The van der Waals surface area contributed by atoms with Crippen LogP contribution < -0.4 is 9.47 Å². The highest BCUT2D eigenvalue weighted by atomic mass is 16.5. The Labute approximate surface area is 178 Å². The molecule has 3 aromatic carbocycles. The molecule has 0 fully saturated rings. The third-order valence-electron chi connectivity index (χ3n) is 5.08. The lowest BCUT2D eigenvalue weighted by atomic mass is 10.0. The van der Waals surface area contributed by atoms with Crippen LogP contribution in [0.3, 0.4) is 0 Å². The van der Waals surface area contributed by atoms with E-state index >= 15 is 0 Å². The van der Waals surface area contributed by atoms with E-state index in [0.717, 1.165) is 34.6 Å². The zero-order valence-electron chi connectivity index (χ0n) is 17.1. The molecule has 0 unspecified atom stereocenters. The van der Waals surface area contributed by atoms with Gasteiger partial charge >= 0.3 is 0 Å². The fourth-order valence-corrected chi connectivity index (χ4v) is 3.37. The second-order valence-electron chi connectivity index (χ2n) is 7.23. The minimum Gasteiger partial charge on any atom is -0.497 e. The molecule has 4 rings (SSSR count). The number of benzene rings is 3. The Balaban J connectivity index is 1.32. The van der Waals surface area contributed by atoms with E-state index in [4.69, 9.17) is 14.2 Å². The molecule has 0 aromatic heterocycles. The van der Waals surface area contributed by atoms with Crippen molar-refractivity contribution in [3.05, 3.63) is 114 Å². The van der Waals surface area contributed by atoms with E-state index < -0.39 is 0 Å². The number of rotatable bonds is 7. The lowest BCUT2D eigenvalue weighted by Crippen LogP contribution is -2.16. The van der Waals surface area contributed by atoms with Crippen molar-refractivity contribution in [2.75, 3.05) is 7.11 Å². The molecule has 1 aliphatic rings. The summed E-state index contributed by atoms with van der Waals surface area (Å²) in [5.74, 6) is 1.72. The van der Waals surface area contributed by atoms with Crippen molar-refractivity contribution in [3.63, 3.8) is 0 Å². The summed E-state index contributed by atoms with van der Waals surface area (Å²) in [6, 6.07) is 26.4. The van der Waals surface area contributed by atoms with Gasteiger partial charge in [-0.05, 0) is 47.4 Å². The number of hydrogen-bond donors (Lipinski definition) is 0. The zero-order valence-corrected chi connectivity index (χ0v) is 17.1. The second-order valence-corrected chi connectivity index (χ2v) is 7.23. The van der Waals surface area contributed by atoms with Gasteiger partial charge in [0.1, 0.15) is 24.2 Å².